The Morgan fingerprint density at radius 3 is 2.53 bits per heavy atom. The Labute approximate surface area is 92.0 Å². The first kappa shape index (κ1) is 11.2. The van der Waals surface area contributed by atoms with Crippen molar-refractivity contribution in [2.75, 3.05) is 0 Å². The van der Waals surface area contributed by atoms with Crippen molar-refractivity contribution in [1.82, 2.24) is 0 Å². The van der Waals surface area contributed by atoms with Gasteiger partial charge < -0.3 is 10.2 Å². The van der Waals surface area contributed by atoms with Gasteiger partial charge in [0.1, 0.15) is 0 Å². The van der Waals surface area contributed by atoms with Crippen LogP contribution in [0.1, 0.15) is 39.5 Å². The lowest BCUT2D eigenvalue weighted by Gasteiger charge is -2.50. The third-order valence-electron chi connectivity index (χ3n) is 4.84. The van der Waals surface area contributed by atoms with Crippen LogP contribution in [0.15, 0.2) is 12.7 Å². The highest BCUT2D eigenvalue weighted by molar-refractivity contribution is 5.11. The van der Waals surface area contributed by atoms with E-state index >= 15 is 0 Å². The molecule has 0 radical (unpaired) electrons. The molecule has 0 spiro atoms. The molecule has 2 heteroatoms. The zero-order valence-electron chi connectivity index (χ0n) is 9.74. The molecule has 0 aromatic carbocycles. The maximum atomic E-state index is 10.6. The highest BCUT2D eigenvalue weighted by Gasteiger charge is 2.59. The summed E-state index contributed by atoms with van der Waals surface area (Å²) in [7, 11) is 0. The Balaban J connectivity index is 2.35. The van der Waals surface area contributed by atoms with Crippen LogP contribution < -0.4 is 0 Å². The Morgan fingerprint density at radius 2 is 1.93 bits per heavy atom. The fraction of sp³-hybridized carbons (Fsp3) is 0.846. The first-order valence-corrected chi connectivity index (χ1v) is 5.94. The maximum Gasteiger partial charge on any atom is 0.0972 e. The van der Waals surface area contributed by atoms with E-state index in [-0.39, 0.29) is 11.3 Å². The minimum atomic E-state index is -0.932. The zero-order valence-corrected chi connectivity index (χ0v) is 9.74. The third-order valence-corrected chi connectivity index (χ3v) is 4.84. The second-order valence-corrected chi connectivity index (χ2v) is 5.91. The molecule has 86 valence electrons. The van der Waals surface area contributed by atoms with Crippen LogP contribution in [0.25, 0.3) is 0 Å². The first-order chi connectivity index (χ1) is 6.93. The van der Waals surface area contributed by atoms with Gasteiger partial charge in [-0.2, -0.15) is 0 Å². The number of hydrogen-bond donors (Lipinski definition) is 2. The summed E-state index contributed by atoms with van der Waals surface area (Å²) >= 11 is 0. The van der Waals surface area contributed by atoms with Crippen molar-refractivity contribution in [3.63, 3.8) is 0 Å². The summed E-state index contributed by atoms with van der Waals surface area (Å²) in [6.07, 6.45) is 4.89. The molecule has 2 N–H and O–H groups in total. The van der Waals surface area contributed by atoms with Crippen LogP contribution in [-0.4, -0.2) is 21.9 Å². The summed E-state index contributed by atoms with van der Waals surface area (Å²) in [5, 5.41) is 21.0. The van der Waals surface area contributed by atoms with E-state index in [1.165, 1.54) is 0 Å². The molecule has 0 saturated heterocycles. The Morgan fingerprint density at radius 1 is 1.33 bits per heavy atom. The predicted octanol–water partition coefficient (Wildman–Crippen LogP) is 2.11. The predicted molar refractivity (Wildman–Crippen MR) is 60.4 cm³/mol. The van der Waals surface area contributed by atoms with Gasteiger partial charge in [0.15, 0.2) is 0 Å². The van der Waals surface area contributed by atoms with Gasteiger partial charge in [-0.1, -0.05) is 19.9 Å². The van der Waals surface area contributed by atoms with Gasteiger partial charge in [-0.25, -0.2) is 0 Å². The molecule has 0 aromatic rings. The van der Waals surface area contributed by atoms with Crippen molar-refractivity contribution >= 4 is 0 Å². The monoisotopic (exact) mass is 210 g/mol. The highest BCUT2D eigenvalue weighted by Crippen LogP contribution is 2.57. The molecule has 0 heterocycles. The van der Waals surface area contributed by atoms with Crippen LogP contribution in [-0.2, 0) is 0 Å². The number of aliphatic hydroxyl groups is 2. The molecular weight excluding hydrogens is 188 g/mol. The van der Waals surface area contributed by atoms with Crippen molar-refractivity contribution in [1.29, 1.82) is 0 Å². The Bertz CT molecular complexity index is 272. The average Bonchev–Trinajstić information content (AvgIpc) is 2.63. The summed E-state index contributed by atoms with van der Waals surface area (Å²) in [6.45, 7) is 7.86. The lowest BCUT2D eigenvalue weighted by atomic mass is 9.60. The molecule has 2 fully saturated rings. The summed E-state index contributed by atoms with van der Waals surface area (Å²) in [6, 6.07) is 0. The van der Waals surface area contributed by atoms with Crippen LogP contribution in [0.4, 0.5) is 0 Å². The second kappa shape index (κ2) is 3.33. The van der Waals surface area contributed by atoms with E-state index in [0.29, 0.717) is 12.3 Å². The van der Waals surface area contributed by atoms with Crippen molar-refractivity contribution in [2.24, 2.45) is 17.3 Å². The Kier molecular flexibility index (Phi) is 2.47. The van der Waals surface area contributed by atoms with E-state index in [1.54, 1.807) is 6.08 Å². The van der Waals surface area contributed by atoms with Gasteiger partial charge in [-0.05, 0) is 42.9 Å². The molecule has 2 nitrogen and oxygen atoms in total. The normalized spacial score (nSPS) is 47.9. The quantitative estimate of drug-likeness (QED) is 0.685. The molecule has 15 heavy (non-hydrogen) atoms. The number of fused-ring (bicyclic) bond motifs is 2. The van der Waals surface area contributed by atoms with Gasteiger partial charge in [0.05, 0.1) is 11.7 Å². The molecule has 2 bridgehead atoms. The fourth-order valence-electron chi connectivity index (χ4n) is 3.71. The third kappa shape index (κ3) is 1.38. The molecule has 0 unspecified atom stereocenters. The van der Waals surface area contributed by atoms with Crippen molar-refractivity contribution in [3.05, 3.63) is 12.7 Å². The van der Waals surface area contributed by atoms with Gasteiger partial charge in [-0.15, -0.1) is 6.58 Å². The van der Waals surface area contributed by atoms with E-state index in [1.807, 2.05) is 0 Å². The van der Waals surface area contributed by atoms with E-state index < -0.39 is 11.7 Å². The van der Waals surface area contributed by atoms with Gasteiger partial charge in [-0.3, -0.25) is 0 Å². The maximum absolute atomic E-state index is 10.6. The lowest BCUT2D eigenvalue weighted by molar-refractivity contribution is -0.184. The smallest absolute Gasteiger partial charge is 0.0972 e. The summed E-state index contributed by atoms with van der Waals surface area (Å²) in [5.74, 6) is 0.839. The summed E-state index contributed by atoms with van der Waals surface area (Å²) in [4.78, 5) is 0. The van der Waals surface area contributed by atoms with Crippen molar-refractivity contribution in [3.8, 4) is 0 Å². The topological polar surface area (TPSA) is 40.5 Å². The molecule has 2 aliphatic carbocycles. The number of hydrogen-bond acceptors (Lipinski definition) is 2. The minimum Gasteiger partial charge on any atom is -0.390 e. The SMILES string of the molecule is C=CC[C@@]1(O)[C@H]2CC[C@H](C2)C(C)(C)[C@@H]1O. The van der Waals surface area contributed by atoms with Crippen LogP contribution >= 0.6 is 0 Å². The van der Waals surface area contributed by atoms with Crippen LogP contribution in [0, 0.1) is 17.3 Å². The highest BCUT2D eigenvalue weighted by atomic mass is 16.3. The number of rotatable bonds is 2. The average molecular weight is 210 g/mol. The number of aliphatic hydroxyl groups excluding tert-OH is 1. The van der Waals surface area contributed by atoms with Crippen LogP contribution in [0.2, 0.25) is 0 Å². The minimum absolute atomic E-state index is 0.162. The van der Waals surface area contributed by atoms with Crippen LogP contribution in [0.3, 0.4) is 0 Å². The largest absolute Gasteiger partial charge is 0.390 e. The van der Waals surface area contributed by atoms with E-state index in [0.717, 1.165) is 19.3 Å². The fourth-order valence-corrected chi connectivity index (χ4v) is 3.71. The van der Waals surface area contributed by atoms with Gasteiger partial charge >= 0.3 is 0 Å². The molecular formula is C13H22O2. The molecule has 4 atom stereocenters. The Hall–Kier alpha value is -0.340. The van der Waals surface area contributed by atoms with Crippen LogP contribution in [0.5, 0.6) is 0 Å². The first-order valence-electron chi connectivity index (χ1n) is 5.94. The van der Waals surface area contributed by atoms with Crippen molar-refractivity contribution < 1.29 is 10.2 Å². The summed E-state index contributed by atoms with van der Waals surface area (Å²) in [5.41, 5.74) is -1.09. The molecule has 0 aliphatic heterocycles. The molecule has 0 amide bonds. The van der Waals surface area contributed by atoms with Gasteiger partial charge in [0.25, 0.3) is 0 Å². The van der Waals surface area contributed by atoms with E-state index in [9.17, 15) is 10.2 Å². The molecule has 2 aliphatic rings. The van der Waals surface area contributed by atoms with Gasteiger partial charge in [0.2, 0.25) is 0 Å². The summed E-state index contributed by atoms with van der Waals surface area (Å²) < 4.78 is 0. The molecule has 2 saturated carbocycles. The zero-order chi connectivity index (χ0) is 11.3. The molecule has 2 rings (SSSR count). The second-order valence-electron chi connectivity index (χ2n) is 5.91. The van der Waals surface area contributed by atoms with Gasteiger partial charge in [0, 0.05) is 0 Å². The van der Waals surface area contributed by atoms with E-state index in [4.69, 9.17) is 0 Å². The molecule has 0 aromatic heterocycles. The van der Waals surface area contributed by atoms with E-state index in [2.05, 4.69) is 20.4 Å². The standard InChI is InChI=1S/C13H22O2/c1-4-7-13(15)10-6-5-9(8-10)12(2,3)11(13)14/h4,9-11,14-15H,1,5-8H2,2-3H3/t9-,10+,11+,13-/m1/s1. The van der Waals surface area contributed by atoms with Crippen molar-refractivity contribution in [2.45, 2.75) is 51.2 Å². The lowest BCUT2D eigenvalue weighted by Crippen LogP contribution is -2.58.